The summed E-state index contributed by atoms with van der Waals surface area (Å²) < 4.78 is 13.8. The predicted molar refractivity (Wildman–Crippen MR) is 83.9 cm³/mol. The van der Waals surface area contributed by atoms with E-state index in [-0.39, 0.29) is 11.2 Å². The minimum atomic E-state index is -0.281. The molecule has 19 heavy (non-hydrogen) atoms. The normalized spacial score (nSPS) is 11.7. The summed E-state index contributed by atoms with van der Waals surface area (Å²) in [4.78, 5) is 8.85. The van der Waals surface area contributed by atoms with Crippen LogP contribution in [-0.2, 0) is 5.41 Å². The average molecular weight is 391 g/mol. The molecule has 2 aromatic rings. The fourth-order valence-electron chi connectivity index (χ4n) is 1.64. The van der Waals surface area contributed by atoms with Crippen LogP contribution in [0.1, 0.15) is 26.5 Å². The highest BCUT2D eigenvalue weighted by molar-refractivity contribution is 14.1. The van der Waals surface area contributed by atoms with Gasteiger partial charge in [0, 0.05) is 11.0 Å². The summed E-state index contributed by atoms with van der Waals surface area (Å²) in [5, 5.41) is 0.430. The first kappa shape index (κ1) is 14.7. The van der Waals surface area contributed by atoms with E-state index in [0.29, 0.717) is 11.0 Å². The van der Waals surface area contributed by atoms with Crippen molar-refractivity contribution in [3.63, 3.8) is 0 Å². The quantitative estimate of drug-likeness (QED) is 0.514. The van der Waals surface area contributed by atoms with Gasteiger partial charge in [0.2, 0.25) is 0 Å². The Morgan fingerprint density at radius 3 is 2.21 bits per heavy atom. The van der Waals surface area contributed by atoms with E-state index in [1.165, 1.54) is 12.1 Å². The van der Waals surface area contributed by atoms with Gasteiger partial charge in [-0.1, -0.05) is 32.4 Å². The Balaban J connectivity index is 2.60. The van der Waals surface area contributed by atoms with Crippen molar-refractivity contribution in [3.8, 4) is 11.4 Å². The van der Waals surface area contributed by atoms with Gasteiger partial charge >= 0.3 is 0 Å². The van der Waals surface area contributed by atoms with E-state index in [2.05, 4.69) is 53.3 Å². The van der Waals surface area contributed by atoms with E-state index in [1.807, 2.05) is 0 Å². The van der Waals surface area contributed by atoms with Gasteiger partial charge in [0.25, 0.3) is 0 Å². The van der Waals surface area contributed by atoms with Gasteiger partial charge in [-0.15, -0.1) is 0 Å². The molecule has 0 amide bonds. The Bertz CT molecular complexity index is 606. The summed E-state index contributed by atoms with van der Waals surface area (Å²) >= 11 is 8.33. The summed E-state index contributed by atoms with van der Waals surface area (Å²) in [6.45, 7) is 6.22. The zero-order valence-corrected chi connectivity index (χ0v) is 13.8. The van der Waals surface area contributed by atoms with Crippen molar-refractivity contribution in [3.05, 3.63) is 44.5 Å². The lowest BCUT2D eigenvalue weighted by atomic mass is 9.92. The summed E-state index contributed by atoms with van der Waals surface area (Å²) in [5.41, 5.74) is 1.52. The van der Waals surface area contributed by atoms with Crippen LogP contribution in [0.15, 0.2) is 24.3 Å². The van der Waals surface area contributed by atoms with Crippen LogP contribution < -0.4 is 0 Å². The third-order valence-electron chi connectivity index (χ3n) is 2.62. The van der Waals surface area contributed by atoms with Crippen molar-refractivity contribution in [1.29, 1.82) is 0 Å². The molecule has 0 N–H and O–H groups in total. The molecule has 1 aromatic carbocycles. The molecular formula is C14H13ClFIN2. The van der Waals surface area contributed by atoms with Crippen LogP contribution >= 0.6 is 34.2 Å². The molecule has 0 bridgehead atoms. The first-order valence-corrected chi connectivity index (χ1v) is 7.24. The van der Waals surface area contributed by atoms with Crippen molar-refractivity contribution in [2.24, 2.45) is 0 Å². The lowest BCUT2D eigenvalue weighted by Crippen LogP contribution is -2.17. The topological polar surface area (TPSA) is 25.8 Å². The standard InChI is InChI=1S/C14H13ClFIN2/c1-14(2,3)11-10(17)12(15)19-13(18-11)8-4-6-9(16)7-5-8/h4-7H,1-3H3. The molecule has 2 nitrogen and oxygen atoms in total. The average Bonchev–Trinajstić information content (AvgIpc) is 2.32. The third-order valence-corrected chi connectivity index (χ3v) is 4.24. The lowest BCUT2D eigenvalue weighted by Gasteiger charge is -2.20. The van der Waals surface area contributed by atoms with E-state index in [9.17, 15) is 4.39 Å². The molecule has 0 atom stereocenters. The first-order valence-electron chi connectivity index (χ1n) is 5.78. The number of rotatable bonds is 1. The molecule has 0 aliphatic heterocycles. The molecule has 0 unspecified atom stereocenters. The smallest absolute Gasteiger partial charge is 0.161 e. The predicted octanol–water partition coefficient (Wildman–Crippen LogP) is 4.84. The number of benzene rings is 1. The van der Waals surface area contributed by atoms with Gasteiger partial charge in [0.15, 0.2) is 5.82 Å². The van der Waals surface area contributed by atoms with Gasteiger partial charge in [0.1, 0.15) is 11.0 Å². The maximum absolute atomic E-state index is 12.9. The van der Waals surface area contributed by atoms with Crippen molar-refractivity contribution in [1.82, 2.24) is 9.97 Å². The van der Waals surface area contributed by atoms with Crippen molar-refractivity contribution in [2.45, 2.75) is 26.2 Å². The van der Waals surface area contributed by atoms with E-state index in [0.717, 1.165) is 14.8 Å². The molecule has 1 heterocycles. The fourth-order valence-corrected chi connectivity index (χ4v) is 2.86. The van der Waals surface area contributed by atoms with Gasteiger partial charge in [-0.2, -0.15) is 0 Å². The highest BCUT2D eigenvalue weighted by Crippen LogP contribution is 2.31. The number of halogens is 3. The monoisotopic (exact) mass is 390 g/mol. The highest BCUT2D eigenvalue weighted by atomic mass is 127. The molecule has 0 aliphatic rings. The Labute approximate surface area is 130 Å². The van der Waals surface area contributed by atoms with Crippen LogP contribution in [-0.4, -0.2) is 9.97 Å². The molecule has 5 heteroatoms. The largest absolute Gasteiger partial charge is 0.231 e. The Hall–Kier alpha value is -0.750. The number of hydrogen-bond donors (Lipinski definition) is 0. The van der Waals surface area contributed by atoms with Gasteiger partial charge < -0.3 is 0 Å². The number of hydrogen-bond acceptors (Lipinski definition) is 2. The second kappa shape index (κ2) is 5.32. The van der Waals surface area contributed by atoms with Gasteiger partial charge in [-0.25, -0.2) is 14.4 Å². The lowest BCUT2D eigenvalue weighted by molar-refractivity contribution is 0.563. The Morgan fingerprint density at radius 1 is 1.11 bits per heavy atom. The summed E-state index contributed by atoms with van der Waals surface area (Å²) in [6, 6.07) is 6.09. The van der Waals surface area contributed by atoms with Crippen LogP contribution in [0.2, 0.25) is 5.15 Å². The second-order valence-corrected chi connectivity index (χ2v) is 6.69. The van der Waals surface area contributed by atoms with Crippen molar-refractivity contribution < 1.29 is 4.39 Å². The van der Waals surface area contributed by atoms with Crippen LogP contribution in [0.4, 0.5) is 4.39 Å². The van der Waals surface area contributed by atoms with Gasteiger partial charge in [0.05, 0.1) is 9.26 Å². The van der Waals surface area contributed by atoms with E-state index >= 15 is 0 Å². The molecule has 0 saturated heterocycles. The minimum Gasteiger partial charge on any atom is -0.231 e. The molecule has 0 fully saturated rings. The first-order chi connectivity index (χ1) is 8.79. The van der Waals surface area contributed by atoms with Crippen molar-refractivity contribution >= 4 is 34.2 Å². The van der Waals surface area contributed by atoms with Crippen LogP contribution in [0.3, 0.4) is 0 Å². The van der Waals surface area contributed by atoms with Gasteiger partial charge in [-0.05, 0) is 46.9 Å². The SMILES string of the molecule is CC(C)(C)c1nc(-c2ccc(F)cc2)nc(Cl)c1I. The van der Waals surface area contributed by atoms with Crippen LogP contribution in [0, 0.1) is 9.39 Å². The molecule has 2 rings (SSSR count). The Morgan fingerprint density at radius 2 is 1.68 bits per heavy atom. The van der Waals surface area contributed by atoms with Gasteiger partial charge in [-0.3, -0.25) is 0 Å². The van der Waals surface area contributed by atoms with Crippen LogP contribution in [0.25, 0.3) is 11.4 Å². The zero-order chi connectivity index (χ0) is 14.2. The Kier molecular flexibility index (Phi) is 4.11. The highest BCUT2D eigenvalue weighted by Gasteiger charge is 2.22. The van der Waals surface area contributed by atoms with E-state index < -0.39 is 0 Å². The van der Waals surface area contributed by atoms with Crippen molar-refractivity contribution in [2.75, 3.05) is 0 Å². The zero-order valence-electron chi connectivity index (χ0n) is 10.8. The second-order valence-electron chi connectivity index (χ2n) is 5.26. The molecule has 1 aromatic heterocycles. The fraction of sp³-hybridized carbons (Fsp3) is 0.286. The number of nitrogens with zero attached hydrogens (tertiary/aromatic N) is 2. The summed E-state index contributed by atoms with van der Waals surface area (Å²) in [6.07, 6.45) is 0. The maximum atomic E-state index is 12.9. The molecular weight excluding hydrogens is 378 g/mol. The van der Waals surface area contributed by atoms with Crippen LogP contribution in [0.5, 0.6) is 0 Å². The minimum absolute atomic E-state index is 0.127. The molecule has 0 saturated carbocycles. The summed E-state index contributed by atoms with van der Waals surface area (Å²) in [5.74, 6) is 0.242. The van der Waals surface area contributed by atoms with E-state index in [4.69, 9.17) is 11.6 Å². The third kappa shape index (κ3) is 3.23. The molecule has 0 aliphatic carbocycles. The van der Waals surface area contributed by atoms with E-state index in [1.54, 1.807) is 12.1 Å². The molecule has 100 valence electrons. The summed E-state index contributed by atoms with van der Waals surface area (Å²) in [7, 11) is 0. The molecule has 0 radical (unpaired) electrons. The molecule has 0 spiro atoms. The maximum Gasteiger partial charge on any atom is 0.161 e. The number of aromatic nitrogens is 2.